The maximum atomic E-state index is 3.99. The summed E-state index contributed by atoms with van der Waals surface area (Å²) in [4.78, 5) is 0. The zero-order chi connectivity index (χ0) is 10.2. The molecule has 0 fully saturated rings. The lowest BCUT2D eigenvalue weighted by Crippen LogP contribution is -1.92. The molecule has 0 saturated carbocycles. The van der Waals surface area contributed by atoms with Crippen molar-refractivity contribution in [2.75, 3.05) is 0 Å². The van der Waals surface area contributed by atoms with Crippen LogP contribution in [0.15, 0.2) is 24.3 Å². The predicted molar refractivity (Wildman–Crippen MR) is 64.4 cm³/mol. The van der Waals surface area contributed by atoms with Gasteiger partial charge in [-0.05, 0) is 18.8 Å². The molecule has 0 saturated heterocycles. The molecule has 1 aliphatic carbocycles. The topological polar surface area (TPSA) is 0 Å². The molecule has 0 N–H and O–H groups in total. The van der Waals surface area contributed by atoms with Gasteiger partial charge in [0.15, 0.2) is 0 Å². The van der Waals surface area contributed by atoms with Gasteiger partial charge < -0.3 is 0 Å². The van der Waals surface area contributed by atoms with Gasteiger partial charge in [0.05, 0.1) is 0 Å². The Morgan fingerprint density at radius 1 is 1.21 bits per heavy atom. The Kier molecular flexibility index (Phi) is 5.66. The lowest BCUT2D eigenvalue weighted by Gasteiger charge is -2.06. The monoisotopic (exact) mass is 192 g/mol. The third-order valence-corrected chi connectivity index (χ3v) is 3.06. The Balaban J connectivity index is 1.89. The van der Waals surface area contributed by atoms with E-state index in [2.05, 4.69) is 25.7 Å². The van der Waals surface area contributed by atoms with Gasteiger partial charge in [0, 0.05) is 0 Å². The van der Waals surface area contributed by atoms with E-state index in [9.17, 15) is 0 Å². The summed E-state index contributed by atoms with van der Waals surface area (Å²) in [6, 6.07) is 0. The number of unbranched alkanes of at least 4 members (excludes halogenated alkanes) is 5. The van der Waals surface area contributed by atoms with Crippen molar-refractivity contribution in [1.29, 1.82) is 0 Å². The van der Waals surface area contributed by atoms with Gasteiger partial charge in [-0.25, -0.2) is 0 Å². The number of rotatable bonds is 7. The van der Waals surface area contributed by atoms with Gasteiger partial charge in [-0.3, -0.25) is 0 Å². The van der Waals surface area contributed by atoms with E-state index in [1.54, 1.807) is 0 Å². The first kappa shape index (κ1) is 11.6. The molecule has 0 aromatic heterocycles. The molecule has 0 bridgehead atoms. The number of hydrogen-bond donors (Lipinski definition) is 0. The Labute approximate surface area is 89.1 Å². The van der Waals surface area contributed by atoms with Crippen LogP contribution in [0.25, 0.3) is 0 Å². The molecule has 0 spiro atoms. The molecule has 0 heterocycles. The van der Waals surface area contributed by atoms with E-state index >= 15 is 0 Å². The van der Waals surface area contributed by atoms with Crippen molar-refractivity contribution in [2.45, 2.75) is 58.3 Å². The molecular weight excluding hydrogens is 168 g/mol. The highest BCUT2D eigenvalue weighted by molar-refractivity contribution is 5.22. The van der Waals surface area contributed by atoms with Crippen molar-refractivity contribution in [2.24, 2.45) is 5.92 Å². The molecular formula is C14H24. The average molecular weight is 192 g/mol. The lowest BCUT2D eigenvalue weighted by atomic mass is 9.99. The molecule has 0 amide bonds. The third-order valence-electron chi connectivity index (χ3n) is 3.06. The van der Waals surface area contributed by atoms with Gasteiger partial charge >= 0.3 is 0 Å². The number of hydrogen-bond acceptors (Lipinski definition) is 0. The third kappa shape index (κ3) is 4.64. The second-order valence-electron chi connectivity index (χ2n) is 4.54. The van der Waals surface area contributed by atoms with Gasteiger partial charge in [0.2, 0.25) is 0 Å². The van der Waals surface area contributed by atoms with Crippen molar-refractivity contribution in [3.05, 3.63) is 24.3 Å². The minimum absolute atomic E-state index is 0.814. The van der Waals surface area contributed by atoms with Crippen LogP contribution in [0.5, 0.6) is 0 Å². The fraction of sp³-hybridized carbons (Fsp3) is 0.714. The van der Waals surface area contributed by atoms with Crippen molar-refractivity contribution in [3.8, 4) is 0 Å². The van der Waals surface area contributed by atoms with Crippen LogP contribution in [-0.4, -0.2) is 0 Å². The van der Waals surface area contributed by atoms with Gasteiger partial charge in [-0.2, -0.15) is 0 Å². The second kappa shape index (κ2) is 6.86. The van der Waals surface area contributed by atoms with E-state index < -0.39 is 0 Å². The SMILES string of the molecule is C=C1C=CC(CCCCCCCC)C1. The lowest BCUT2D eigenvalue weighted by molar-refractivity contribution is 0.527. The first-order valence-corrected chi connectivity index (χ1v) is 6.19. The van der Waals surface area contributed by atoms with Crippen LogP contribution >= 0.6 is 0 Å². The molecule has 1 rings (SSSR count). The fourth-order valence-electron chi connectivity index (χ4n) is 2.13. The van der Waals surface area contributed by atoms with Crippen LogP contribution in [0.4, 0.5) is 0 Å². The van der Waals surface area contributed by atoms with Crippen LogP contribution in [-0.2, 0) is 0 Å². The van der Waals surface area contributed by atoms with Crippen LogP contribution in [0.3, 0.4) is 0 Å². The van der Waals surface area contributed by atoms with Crippen LogP contribution in [0, 0.1) is 5.92 Å². The van der Waals surface area contributed by atoms with Gasteiger partial charge in [0.25, 0.3) is 0 Å². The largest absolute Gasteiger partial charge is 0.0958 e. The van der Waals surface area contributed by atoms with E-state index in [1.165, 1.54) is 56.9 Å². The van der Waals surface area contributed by atoms with E-state index in [-0.39, 0.29) is 0 Å². The van der Waals surface area contributed by atoms with E-state index in [0.717, 1.165) is 5.92 Å². The van der Waals surface area contributed by atoms with E-state index in [0.29, 0.717) is 0 Å². The van der Waals surface area contributed by atoms with Crippen molar-refractivity contribution >= 4 is 0 Å². The molecule has 0 aromatic carbocycles. The van der Waals surface area contributed by atoms with Crippen molar-refractivity contribution in [1.82, 2.24) is 0 Å². The fourth-order valence-corrected chi connectivity index (χ4v) is 2.13. The van der Waals surface area contributed by atoms with Crippen molar-refractivity contribution < 1.29 is 0 Å². The van der Waals surface area contributed by atoms with Crippen LogP contribution in [0.2, 0.25) is 0 Å². The summed E-state index contributed by atoms with van der Waals surface area (Å²) in [5, 5.41) is 0. The summed E-state index contributed by atoms with van der Waals surface area (Å²) in [6.07, 6.45) is 15.6. The van der Waals surface area contributed by atoms with Crippen molar-refractivity contribution in [3.63, 3.8) is 0 Å². The molecule has 1 aliphatic rings. The molecule has 0 radical (unpaired) electrons. The normalized spacial score (nSPS) is 20.6. The molecule has 0 aromatic rings. The van der Waals surface area contributed by atoms with Gasteiger partial charge in [-0.1, -0.05) is 69.8 Å². The Hall–Kier alpha value is -0.520. The quantitative estimate of drug-likeness (QED) is 0.505. The Bertz CT molecular complexity index is 188. The molecule has 0 heteroatoms. The summed E-state index contributed by atoms with van der Waals surface area (Å²) in [5.74, 6) is 0.814. The molecule has 80 valence electrons. The molecule has 0 nitrogen and oxygen atoms in total. The van der Waals surface area contributed by atoms with Gasteiger partial charge in [0.1, 0.15) is 0 Å². The summed E-state index contributed by atoms with van der Waals surface area (Å²) in [6.45, 7) is 6.26. The minimum atomic E-state index is 0.814. The summed E-state index contributed by atoms with van der Waals surface area (Å²) in [7, 11) is 0. The number of allylic oxidation sites excluding steroid dienone is 3. The highest BCUT2D eigenvalue weighted by Crippen LogP contribution is 2.26. The Morgan fingerprint density at radius 2 is 1.93 bits per heavy atom. The van der Waals surface area contributed by atoms with E-state index in [4.69, 9.17) is 0 Å². The van der Waals surface area contributed by atoms with Crippen LogP contribution < -0.4 is 0 Å². The minimum Gasteiger partial charge on any atom is -0.0958 e. The first-order valence-electron chi connectivity index (χ1n) is 6.19. The zero-order valence-electron chi connectivity index (χ0n) is 9.60. The predicted octanol–water partition coefficient (Wildman–Crippen LogP) is 4.87. The standard InChI is InChI=1S/C14H24/c1-3-4-5-6-7-8-9-14-11-10-13(2)12-14/h10-11,14H,2-9,12H2,1H3. The maximum Gasteiger partial charge on any atom is -0.0190 e. The summed E-state index contributed by atoms with van der Waals surface area (Å²) >= 11 is 0. The highest BCUT2D eigenvalue weighted by Gasteiger charge is 2.10. The van der Waals surface area contributed by atoms with E-state index in [1.807, 2.05) is 0 Å². The smallest absolute Gasteiger partial charge is 0.0190 e. The van der Waals surface area contributed by atoms with Gasteiger partial charge in [-0.15, -0.1) is 0 Å². The van der Waals surface area contributed by atoms with Crippen LogP contribution in [0.1, 0.15) is 58.3 Å². The molecule has 14 heavy (non-hydrogen) atoms. The zero-order valence-corrected chi connectivity index (χ0v) is 9.60. The summed E-state index contributed by atoms with van der Waals surface area (Å²) < 4.78 is 0. The molecule has 1 unspecified atom stereocenters. The molecule has 0 aliphatic heterocycles. The second-order valence-corrected chi connectivity index (χ2v) is 4.54. The summed E-state index contributed by atoms with van der Waals surface area (Å²) in [5.41, 5.74) is 1.32. The highest BCUT2D eigenvalue weighted by atomic mass is 14.2. The molecule has 1 atom stereocenters. The Morgan fingerprint density at radius 3 is 2.57 bits per heavy atom. The average Bonchev–Trinajstić information content (AvgIpc) is 2.58. The first-order chi connectivity index (χ1) is 6.83. The maximum absolute atomic E-state index is 3.99.